The first-order valence-corrected chi connectivity index (χ1v) is 11.0. The van der Waals surface area contributed by atoms with E-state index in [2.05, 4.69) is 20.7 Å². The van der Waals surface area contributed by atoms with Crippen LogP contribution in [0.2, 0.25) is 0 Å². The molecule has 1 aliphatic rings. The van der Waals surface area contributed by atoms with Crippen molar-refractivity contribution >= 4 is 45.6 Å². The lowest BCUT2D eigenvalue weighted by atomic mass is 9.95. The van der Waals surface area contributed by atoms with Crippen molar-refractivity contribution < 1.29 is 4.79 Å². The minimum atomic E-state index is 0.0393. The number of aromatic nitrogens is 3. The molecule has 3 aromatic rings. The molecule has 28 heavy (non-hydrogen) atoms. The number of pyridine rings is 1. The van der Waals surface area contributed by atoms with Crippen molar-refractivity contribution in [3.05, 3.63) is 57.6 Å². The number of nitrogens with zero attached hydrogens (tertiary/aromatic N) is 4. The number of piperidine rings is 1. The van der Waals surface area contributed by atoms with Crippen molar-refractivity contribution in [3.63, 3.8) is 0 Å². The molecule has 4 heterocycles. The van der Waals surface area contributed by atoms with Crippen LogP contribution in [-0.4, -0.2) is 38.8 Å². The quantitative estimate of drug-likeness (QED) is 0.628. The van der Waals surface area contributed by atoms with Gasteiger partial charge in [0.2, 0.25) is 5.91 Å². The van der Waals surface area contributed by atoms with Gasteiger partial charge in [-0.3, -0.25) is 4.79 Å². The van der Waals surface area contributed by atoms with Gasteiger partial charge in [0.25, 0.3) is 0 Å². The monoisotopic (exact) mass is 411 g/mol. The second-order valence-corrected chi connectivity index (χ2v) is 8.59. The molecule has 1 unspecified atom stereocenters. The number of thiazole rings is 2. The molecule has 0 saturated carbocycles. The summed E-state index contributed by atoms with van der Waals surface area (Å²) in [4.78, 5) is 27.8. The Bertz CT molecular complexity index is 966. The second kappa shape index (κ2) is 8.62. The van der Waals surface area contributed by atoms with Crippen molar-refractivity contribution in [3.8, 4) is 0 Å². The number of rotatable bonds is 5. The van der Waals surface area contributed by atoms with Crippen molar-refractivity contribution in [2.45, 2.75) is 25.7 Å². The summed E-state index contributed by atoms with van der Waals surface area (Å²) in [7, 11) is 0. The maximum atomic E-state index is 12.6. The highest BCUT2D eigenvalue weighted by Gasteiger charge is 2.25. The van der Waals surface area contributed by atoms with Gasteiger partial charge < -0.3 is 10.2 Å². The van der Waals surface area contributed by atoms with Gasteiger partial charge in [-0.2, -0.15) is 0 Å². The van der Waals surface area contributed by atoms with Gasteiger partial charge in [0.15, 0.2) is 5.13 Å². The lowest BCUT2D eigenvalue weighted by molar-refractivity contribution is -0.127. The molecule has 0 spiro atoms. The highest BCUT2D eigenvalue weighted by atomic mass is 32.1. The molecule has 4 rings (SSSR count). The van der Waals surface area contributed by atoms with Gasteiger partial charge in [-0.25, -0.2) is 15.0 Å². The molecule has 144 valence electrons. The van der Waals surface area contributed by atoms with E-state index in [1.807, 2.05) is 35.4 Å². The van der Waals surface area contributed by atoms with Crippen molar-refractivity contribution in [2.24, 2.45) is 0 Å². The van der Waals surface area contributed by atoms with Crippen molar-refractivity contribution in [1.82, 2.24) is 19.9 Å². The van der Waals surface area contributed by atoms with Crippen LogP contribution in [0.5, 0.6) is 0 Å². The third-order valence-electron chi connectivity index (χ3n) is 4.61. The summed E-state index contributed by atoms with van der Waals surface area (Å²) in [5.74, 6) is 1.09. The van der Waals surface area contributed by atoms with Gasteiger partial charge >= 0.3 is 0 Å². The summed E-state index contributed by atoms with van der Waals surface area (Å²) >= 11 is 3.16. The van der Waals surface area contributed by atoms with E-state index in [1.54, 1.807) is 41.0 Å². The topological polar surface area (TPSA) is 71.0 Å². The molecule has 3 aromatic heterocycles. The van der Waals surface area contributed by atoms with Crippen LogP contribution in [0.25, 0.3) is 6.08 Å². The van der Waals surface area contributed by atoms with Gasteiger partial charge in [-0.1, -0.05) is 6.07 Å². The predicted molar refractivity (Wildman–Crippen MR) is 114 cm³/mol. The zero-order chi connectivity index (χ0) is 19.3. The fourth-order valence-corrected chi connectivity index (χ4v) is 4.59. The van der Waals surface area contributed by atoms with Gasteiger partial charge in [0, 0.05) is 42.0 Å². The minimum absolute atomic E-state index is 0.0393. The predicted octanol–water partition coefficient (Wildman–Crippen LogP) is 4.47. The van der Waals surface area contributed by atoms with E-state index in [1.165, 1.54) is 0 Å². The minimum Gasteiger partial charge on any atom is -0.338 e. The van der Waals surface area contributed by atoms with Crippen LogP contribution in [0.15, 0.2) is 41.2 Å². The molecule has 0 aromatic carbocycles. The summed E-state index contributed by atoms with van der Waals surface area (Å²) in [5.41, 5.74) is 1.88. The zero-order valence-corrected chi connectivity index (χ0v) is 17.2. The van der Waals surface area contributed by atoms with E-state index in [-0.39, 0.29) is 11.8 Å². The standard InChI is InChI=1S/C20H21N5OS2/c1-14-22-16(12-27-14)7-8-19(26)25-10-4-5-15(11-25)17-13-28-20(23-17)24-18-6-2-3-9-21-18/h2-3,6-9,12-13,15H,4-5,10-11H2,1H3,(H,21,23,24)/b8-7+. The van der Waals surface area contributed by atoms with Crippen LogP contribution in [0.4, 0.5) is 10.9 Å². The average molecular weight is 412 g/mol. The Morgan fingerprint density at radius 3 is 3.00 bits per heavy atom. The normalized spacial score (nSPS) is 17.2. The molecule has 1 amide bonds. The van der Waals surface area contributed by atoms with Crippen LogP contribution in [-0.2, 0) is 4.79 Å². The molecule has 0 aliphatic carbocycles. The summed E-state index contributed by atoms with van der Waals surface area (Å²) in [6.45, 7) is 3.45. The average Bonchev–Trinajstić information content (AvgIpc) is 3.36. The van der Waals surface area contributed by atoms with Crippen LogP contribution < -0.4 is 5.32 Å². The fourth-order valence-electron chi connectivity index (χ4n) is 3.21. The summed E-state index contributed by atoms with van der Waals surface area (Å²) in [6, 6.07) is 5.74. The fraction of sp³-hybridized carbons (Fsp3) is 0.300. The van der Waals surface area contributed by atoms with Crippen LogP contribution in [0, 0.1) is 6.92 Å². The Labute approximate surface area is 172 Å². The Kier molecular flexibility index (Phi) is 5.78. The maximum Gasteiger partial charge on any atom is 0.246 e. The molecule has 1 atom stereocenters. The van der Waals surface area contributed by atoms with Gasteiger partial charge in [-0.05, 0) is 38.0 Å². The summed E-state index contributed by atoms with van der Waals surface area (Å²) in [5, 5.41) is 9.11. The molecule has 0 radical (unpaired) electrons. The number of carbonyl (C=O) groups excluding carboxylic acids is 1. The number of hydrogen-bond acceptors (Lipinski definition) is 7. The summed E-state index contributed by atoms with van der Waals surface area (Å²) < 4.78 is 0. The largest absolute Gasteiger partial charge is 0.338 e. The molecule has 1 N–H and O–H groups in total. The van der Waals surface area contributed by atoms with E-state index in [0.29, 0.717) is 6.54 Å². The third-order valence-corrected chi connectivity index (χ3v) is 6.17. The molecular weight excluding hydrogens is 390 g/mol. The Morgan fingerprint density at radius 1 is 1.29 bits per heavy atom. The lowest BCUT2D eigenvalue weighted by Gasteiger charge is -2.31. The van der Waals surface area contributed by atoms with Gasteiger partial charge in [-0.15, -0.1) is 22.7 Å². The van der Waals surface area contributed by atoms with Crippen molar-refractivity contribution in [2.75, 3.05) is 18.4 Å². The maximum absolute atomic E-state index is 12.6. The molecule has 1 saturated heterocycles. The number of anilines is 2. The Morgan fingerprint density at radius 2 is 2.21 bits per heavy atom. The number of likely N-dealkylation sites (tertiary alicyclic amines) is 1. The number of nitrogens with one attached hydrogen (secondary N) is 1. The Hall–Kier alpha value is -2.58. The Balaban J connectivity index is 1.38. The number of amides is 1. The first-order valence-electron chi connectivity index (χ1n) is 9.20. The second-order valence-electron chi connectivity index (χ2n) is 6.67. The molecule has 1 aliphatic heterocycles. The van der Waals surface area contributed by atoms with Gasteiger partial charge in [0.05, 0.1) is 16.4 Å². The van der Waals surface area contributed by atoms with Gasteiger partial charge in [0.1, 0.15) is 5.82 Å². The first kappa shape index (κ1) is 18.8. The SMILES string of the molecule is Cc1nc(/C=C/C(=O)N2CCCC(c3csc(Nc4ccccn4)n3)C2)cs1. The molecule has 1 fully saturated rings. The smallest absolute Gasteiger partial charge is 0.246 e. The molecular formula is C20H21N5OS2. The van der Waals surface area contributed by atoms with Crippen LogP contribution in [0.1, 0.15) is 35.2 Å². The molecule has 8 heteroatoms. The molecule has 6 nitrogen and oxygen atoms in total. The lowest BCUT2D eigenvalue weighted by Crippen LogP contribution is -2.38. The first-order chi connectivity index (χ1) is 13.7. The van der Waals surface area contributed by atoms with E-state index < -0.39 is 0 Å². The number of carbonyl (C=O) groups is 1. The van der Waals surface area contributed by atoms with E-state index in [0.717, 1.165) is 46.7 Å². The number of aryl methyl sites for hydroxylation is 1. The van der Waals surface area contributed by atoms with E-state index in [9.17, 15) is 4.79 Å². The zero-order valence-electron chi connectivity index (χ0n) is 15.5. The van der Waals surface area contributed by atoms with Crippen LogP contribution in [0.3, 0.4) is 0 Å². The summed E-state index contributed by atoms with van der Waals surface area (Å²) in [6.07, 6.45) is 7.22. The third kappa shape index (κ3) is 4.63. The number of hydrogen-bond donors (Lipinski definition) is 1. The molecule has 0 bridgehead atoms. The van der Waals surface area contributed by atoms with E-state index >= 15 is 0 Å². The van der Waals surface area contributed by atoms with E-state index in [4.69, 9.17) is 4.98 Å². The van der Waals surface area contributed by atoms with Crippen LogP contribution >= 0.6 is 22.7 Å². The van der Waals surface area contributed by atoms with Crippen molar-refractivity contribution in [1.29, 1.82) is 0 Å². The highest BCUT2D eigenvalue weighted by Crippen LogP contribution is 2.30. The highest BCUT2D eigenvalue weighted by molar-refractivity contribution is 7.13.